The fraction of sp³-hybridized carbons (Fsp3) is 0.111. The first-order chi connectivity index (χ1) is 7.09. The number of anilines is 1. The molecule has 0 atom stereocenters. The van der Waals surface area contributed by atoms with Crippen LogP contribution in [-0.4, -0.2) is 14.8 Å². The van der Waals surface area contributed by atoms with Crippen molar-refractivity contribution in [1.29, 1.82) is 0 Å². The van der Waals surface area contributed by atoms with Gasteiger partial charge in [0.1, 0.15) is 5.82 Å². The zero-order chi connectivity index (χ0) is 11.0. The maximum absolute atomic E-state index is 13.5. The molecule has 0 unspecified atom stereocenters. The van der Waals surface area contributed by atoms with E-state index < -0.39 is 0 Å². The van der Waals surface area contributed by atoms with Gasteiger partial charge in [0.05, 0.1) is 5.56 Å². The minimum atomic E-state index is -0.380. The van der Waals surface area contributed by atoms with Gasteiger partial charge in [0.2, 0.25) is 5.95 Å². The van der Waals surface area contributed by atoms with Crippen LogP contribution >= 0.6 is 15.9 Å². The Morgan fingerprint density at radius 3 is 2.73 bits per heavy atom. The summed E-state index contributed by atoms with van der Waals surface area (Å²) in [5.41, 5.74) is 5.85. The van der Waals surface area contributed by atoms with Crippen molar-refractivity contribution in [2.24, 2.45) is 7.05 Å². The lowest BCUT2D eigenvalue weighted by Crippen LogP contribution is -1.97. The molecule has 0 saturated heterocycles. The van der Waals surface area contributed by atoms with Gasteiger partial charge in [-0.3, -0.25) is 0 Å². The number of benzene rings is 1. The minimum absolute atomic E-state index is 0.250. The monoisotopic (exact) mass is 270 g/mol. The molecule has 1 aromatic heterocycles. The molecule has 15 heavy (non-hydrogen) atoms. The number of halogens is 2. The molecule has 0 aliphatic rings. The highest BCUT2D eigenvalue weighted by Gasteiger charge is 2.14. The van der Waals surface area contributed by atoms with Gasteiger partial charge in [-0.05, 0) is 28.1 Å². The fourth-order valence-electron chi connectivity index (χ4n) is 1.21. The van der Waals surface area contributed by atoms with Crippen molar-refractivity contribution in [1.82, 2.24) is 14.8 Å². The van der Waals surface area contributed by atoms with Crippen LogP contribution in [0.15, 0.2) is 22.7 Å². The molecule has 0 saturated carbocycles. The fourth-order valence-corrected chi connectivity index (χ4v) is 1.73. The van der Waals surface area contributed by atoms with Crippen molar-refractivity contribution in [2.75, 3.05) is 5.73 Å². The summed E-state index contributed by atoms with van der Waals surface area (Å²) in [7, 11) is 1.65. The van der Waals surface area contributed by atoms with Crippen LogP contribution in [0.25, 0.3) is 11.4 Å². The SMILES string of the molecule is Cn1nc(-c2c(F)cccc2Br)nc1N. The maximum atomic E-state index is 13.5. The first-order valence-electron chi connectivity index (χ1n) is 4.20. The van der Waals surface area contributed by atoms with E-state index in [0.29, 0.717) is 10.0 Å². The Hall–Kier alpha value is -1.43. The average molecular weight is 271 g/mol. The molecule has 1 heterocycles. The summed E-state index contributed by atoms with van der Waals surface area (Å²) in [5.74, 6) is 0.148. The van der Waals surface area contributed by atoms with Crippen molar-refractivity contribution >= 4 is 21.9 Å². The van der Waals surface area contributed by atoms with Crippen molar-refractivity contribution in [2.45, 2.75) is 0 Å². The number of nitrogens with zero attached hydrogens (tertiary/aromatic N) is 3. The van der Waals surface area contributed by atoms with Crippen LogP contribution in [-0.2, 0) is 7.05 Å². The molecule has 2 N–H and O–H groups in total. The molecular weight excluding hydrogens is 263 g/mol. The van der Waals surface area contributed by atoms with Gasteiger partial charge >= 0.3 is 0 Å². The minimum Gasteiger partial charge on any atom is -0.368 e. The highest BCUT2D eigenvalue weighted by molar-refractivity contribution is 9.10. The molecule has 0 amide bonds. The second-order valence-electron chi connectivity index (χ2n) is 3.01. The summed E-state index contributed by atoms with van der Waals surface area (Å²) < 4.78 is 15.5. The molecule has 4 nitrogen and oxygen atoms in total. The van der Waals surface area contributed by atoms with E-state index in [1.807, 2.05) is 0 Å². The zero-order valence-electron chi connectivity index (χ0n) is 7.91. The Bertz CT molecular complexity index is 469. The van der Waals surface area contributed by atoms with Crippen LogP contribution in [0.4, 0.5) is 10.3 Å². The van der Waals surface area contributed by atoms with Crippen molar-refractivity contribution < 1.29 is 4.39 Å². The molecule has 78 valence electrons. The Labute approximate surface area is 94.1 Å². The Kier molecular flexibility index (Phi) is 2.44. The topological polar surface area (TPSA) is 56.7 Å². The predicted molar refractivity (Wildman–Crippen MR) is 58.5 cm³/mol. The van der Waals surface area contributed by atoms with E-state index >= 15 is 0 Å². The second-order valence-corrected chi connectivity index (χ2v) is 3.87. The van der Waals surface area contributed by atoms with E-state index in [0.717, 1.165) is 0 Å². The predicted octanol–water partition coefficient (Wildman–Crippen LogP) is 1.97. The smallest absolute Gasteiger partial charge is 0.218 e. The van der Waals surface area contributed by atoms with Gasteiger partial charge in [0.15, 0.2) is 5.82 Å². The molecule has 0 spiro atoms. The third kappa shape index (κ3) is 1.72. The molecule has 0 fully saturated rings. The van der Waals surface area contributed by atoms with Gasteiger partial charge in [-0.1, -0.05) is 6.07 Å². The highest BCUT2D eigenvalue weighted by Crippen LogP contribution is 2.28. The third-order valence-corrected chi connectivity index (χ3v) is 2.64. The third-order valence-electron chi connectivity index (χ3n) is 1.98. The lowest BCUT2D eigenvalue weighted by molar-refractivity contribution is 0.628. The maximum Gasteiger partial charge on any atom is 0.218 e. The van der Waals surface area contributed by atoms with Crippen LogP contribution in [0.1, 0.15) is 0 Å². The van der Waals surface area contributed by atoms with Gasteiger partial charge in [-0.25, -0.2) is 9.07 Å². The van der Waals surface area contributed by atoms with Crippen molar-refractivity contribution in [3.63, 3.8) is 0 Å². The normalized spacial score (nSPS) is 10.6. The van der Waals surface area contributed by atoms with E-state index in [1.54, 1.807) is 19.2 Å². The Balaban J connectivity index is 2.63. The summed E-state index contributed by atoms with van der Waals surface area (Å²) in [6, 6.07) is 4.69. The molecule has 0 radical (unpaired) electrons. The lowest BCUT2D eigenvalue weighted by atomic mass is 10.2. The quantitative estimate of drug-likeness (QED) is 0.862. The molecule has 0 aliphatic carbocycles. The van der Waals surface area contributed by atoms with E-state index in [4.69, 9.17) is 5.73 Å². The average Bonchev–Trinajstić information content (AvgIpc) is 2.46. The largest absolute Gasteiger partial charge is 0.368 e. The number of hydrogen-bond acceptors (Lipinski definition) is 3. The molecule has 2 rings (SSSR count). The van der Waals surface area contributed by atoms with E-state index in [9.17, 15) is 4.39 Å². The number of rotatable bonds is 1. The molecular formula is C9H8BrFN4. The van der Waals surface area contributed by atoms with Gasteiger partial charge in [0.25, 0.3) is 0 Å². The van der Waals surface area contributed by atoms with E-state index in [2.05, 4.69) is 26.0 Å². The molecule has 1 aromatic carbocycles. The first-order valence-corrected chi connectivity index (χ1v) is 5.00. The first kappa shape index (κ1) is 10.1. The van der Waals surface area contributed by atoms with Gasteiger partial charge in [0, 0.05) is 11.5 Å². The van der Waals surface area contributed by atoms with Gasteiger partial charge < -0.3 is 5.73 Å². The van der Waals surface area contributed by atoms with Crippen LogP contribution in [0.2, 0.25) is 0 Å². The molecule has 6 heteroatoms. The Morgan fingerprint density at radius 2 is 2.20 bits per heavy atom. The summed E-state index contributed by atoms with van der Waals surface area (Å²) in [6.07, 6.45) is 0. The highest BCUT2D eigenvalue weighted by atomic mass is 79.9. The zero-order valence-corrected chi connectivity index (χ0v) is 9.49. The van der Waals surface area contributed by atoms with Crippen LogP contribution in [0.3, 0.4) is 0 Å². The number of aromatic nitrogens is 3. The van der Waals surface area contributed by atoms with E-state index in [-0.39, 0.29) is 17.6 Å². The van der Waals surface area contributed by atoms with Crippen LogP contribution in [0.5, 0.6) is 0 Å². The summed E-state index contributed by atoms with van der Waals surface area (Å²) >= 11 is 3.25. The lowest BCUT2D eigenvalue weighted by Gasteiger charge is -2.00. The molecule has 0 aliphatic heterocycles. The van der Waals surface area contributed by atoms with Gasteiger partial charge in [-0.15, -0.1) is 5.10 Å². The van der Waals surface area contributed by atoms with Crippen molar-refractivity contribution in [3.8, 4) is 11.4 Å². The van der Waals surface area contributed by atoms with E-state index in [1.165, 1.54) is 10.7 Å². The molecule has 0 bridgehead atoms. The second kappa shape index (κ2) is 3.62. The number of aryl methyl sites for hydroxylation is 1. The molecule has 2 aromatic rings. The summed E-state index contributed by atoms with van der Waals surface area (Å²) in [4.78, 5) is 3.96. The summed E-state index contributed by atoms with van der Waals surface area (Å²) in [5, 5.41) is 4.01. The standard InChI is InChI=1S/C9H8BrFN4/c1-15-9(12)13-8(14-15)7-5(10)3-2-4-6(7)11/h2-4H,1H3,(H2,12,13,14). The number of nitrogen functional groups attached to an aromatic ring is 1. The van der Waals surface area contributed by atoms with Crippen molar-refractivity contribution in [3.05, 3.63) is 28.5 Å². The Morgan fingerprint density at radius 1 is 1.47 bits per heavy atom. The van der Waals surface area contributed by atoms with Crippen LogP contribution in [0, 0.1) is 5.82 Å². The van der Waals surface area contributed by atoms with Gasteiger partial charge in [-0.2, -0.15) is 4.98 Å². The van der Waals surface area contributed by atoms with Crippen LogP contribution < -0.4 is 5.73 Å². The number of hydrogen-bond donors (Lipinski definition) is 1. The number of nitrogens with two attached hydrogens (primary N) is 1. The summed E-state index contributed by atoms with van der Waals surface area (Å²) in [6.45, 7) is 0.